The predicted molar refractivity (Wildman–Crippen MR) is 78.3 cm³/mol. The van der Waals surface area contributed by atoms with Gasteiger partial charge < -0.3 is 14.2 Å². The predicted octanol–water partition coefficient (Wildman–Crippen LogP) is 3.83. The summed E-state index contributed by atoms with van der Waals surface area (Å²) in [5.74, 6) is 2.68. The molecule has 0 saturated heterocycles. The number of aromatic nitrogens is 1. The Hall–Kier alpha value is -2.07. The summed E-state index contributed by atoms with van der Waals surface area (Å²) in [7, 11) is 0. The molecule has 0 saturated carbocycles. The van der Waals surface area contributed by atoms with Crippen LogP contribution in [0.15, 0.2) is 45.4 Å². The summed E-state index contributed by atoms with van der Waals surface area (Å²) in [5.41, 5.74) is 0.860. The molecule has 4 nitrogen and oxygen atoms in total. The summed E-state index contributed by atoms with van der Waals surface area (Å²) in [6.45, 7) is 5.92. The Morgan fingerprint density at radius 2 is 2.00 bits per heavy atom. The Labute approximate surface area is 117 Å². The van der Waals surface area contributed by atoms with Crippen molar-refractivity contribution in [1.82, 2.24) is 10.3 Å². The SMILES string of the molecule is CC(C)CNCc1ncc(-c2cc3ccccc3o2)o1. The third-order valence-corrected chi connectivity index (χ3v) is 3.05. The van der Waals surface area contributed by atoms with Crippen LogP contribution in [0.1, 0.15) is 19.7 Å². The first kappa shape index (κ1) is 12.9. The van der Waals surface area contributed by atoms with E-state index in [9.17, 15) is 0 Å². The Bertz CT molecular complexity index is 664. The molecule has 0 radical (unpaired) electrons. The number of furan rings is 1. The van der Waals surface area contributed by atoms with Crippen LogP contribution in [0.3, 0.4) is 0 Å². The number of benzene rings is 1. The normalized spacial score (nSPS) is 11.6. The van der Waals surface area contributed by atoms with E-state index < -0.39 is 0 Å². The van der Waals surface area contributed by atoms with Crippen LogP contribution in [0.5, 0.6) is 0 Å². The van der Waals surface area contributed by atoms with Crippen molar-refractivity contribution in [2.75, 3.05) is 6.54 Å². The van der Waals surface area contributed by atoms with Gasteiger partial charge in [0.05, 0.1) is 12.7 Å². The van der Waals surface area contributed by atoms with E-state index in [1.807, 2.05) is 30.3 Å². The maximum absolute atomic E-state index is 5.76. The summed E-state index contributed by atoms with van der Waals surface area (Å²) in [4.78, 5) is 4.27. The second kappa shape index (κ2) is 5.51. The standard InChI is InChI=1S/C16H18N2O2/c1-11(2)8-17-10-16-18-9-15(20-16)14-7-12-5-3-4-6-13(12)19-14/h3-7,9,11,17H,8,10H2,1-2H3. The number of rotatable bonds is 5. The lowest BCUT2D eigenvalue weighted by molar-refractivity contribution is 0.451. The summed E-state index contributed by atoms with van der Waals surface area (Å²) in [5, 5.41) is 4.37. The first-order valence-corrected chi connectivity index (χ1v) is 6.87. The molecule has 4 heteroatoms. The van der Waals surface area contributed by atoms with Gasteiger partial charge in [-0.2, -0.15) is 0 Å². The lowest BCUT2D eigenvalue weighted by Crippen LogP contribution is -2.18. The van der Waals surface area contributed by atoms with E-state index in [1.54, 1.807) is 6.20 Å². The summed E-state index contributed by atoms with van der Waals surface area (Å²) < 4.78 is 11.5. The highest BCUT2D eigenvalue weighted by Crippen LogP contribution is 2.27. The first-order chi connectivity index (χ1) is 9.72. The maximum Gasteiger partial charge on any atom is 0.209 e. The number of nitrogens with zero attached hydrogens (tertiary/aromatic N) is 1. The van der Waals surface area contributed by atoms with E-state index in [1.165, 1.54) is 0 Å². The fourth-order valence-electron chi connectivity index (χ4n) is 2.08. The van der Waals surface area contributed by atoms with Gasteiger partial charge in [-0.1, -0.05) is 32.0 Å². The van der Waals surface area contributed by atoms with Crippen molar-refractivity contribution >= 4 is 11.0 Å². The van der Waals surface area contributed by atoms with Crippen LogP contribution in [0.2, 0.25) is 0 Å². The molecule has 0 spiro atoms. The van der Waals surface area contributed by atoms with Gasteiger partial charge in [0.25, 0.3) is 0 Å². The molecule has 0 bridgehead atoms. The summed E-state index contributed by atoms with van der Waals surface area (Å²) in [6.07, 6.45) is 1.71. The van der Waals surface area contributed by atoms with Crippen LogP contribution >= 0.6 is 0 Å². The second-order valence-electron chi connectivity index (χ2n) is 5.29. The second-order valence-corrected chi connectivity index (χ2v) is 5.29. The van der Waals surface area contributed by atoms with Gasteiger partial charge >= 0.3 is 0 Å². The van der Waals surface area contributed by atoms with Crippen LogP contribution < -0.4 is 5.32 Å². The Morgan fingerprint density at radius 3 is 2.80 bits per heavy atom. The molecule has 20 heavy (non-hydrogen) atoms. The number of nitrogens with one attached hydrogen (secondary N) is 1. The topological polar surface area (TPSA) is 51.2 Å². The van der Waals surface area contributed by atoms with Gasteiger partial charge in [-0.05, 0) is 24.6 Å². The highest BCUT2D eigenvalue weighted by atomic mass is 16.4. The van der Waals surface area contributed by atoms with Crippen molar-refractivity contribution in [3.05, 3.63) is 42.4 Å². The molecule has 1 aromatic carbocycles. The lowest BCUT2D eigenvalue weighted by atomic mass is 10.2. The van der Waals surface area contributed by atoms with Crippen molar-refractivity contribution in [1.29, 1.82) is 0 Å². The monoisotopic (exact) mass is 270 g/mol. The molecule has 2 aromatic heterocycles. The van der Waals surface area contributed by atoms with Crippen LogP contribution in [0.25, 0.3) is 22.5 Å². The zero-order chi connectivity index (χ0) is 13.9. The molecule has 0 aliphatic carbocycles. The summed E-state index contributed by atoms with van der Waals surface area (Å²) in [6, 6.07) is 9.88. The van der Waals surface area contributed by atoms with Crippen LogP contribution in [0, 0.1) is 5.92 Å². The van der Waals surface area contributed by atoms with E-state index in [-0.39, 0.29) is 0 Å². The lowest BCUT2D eigenvalue weighted by Gasteiger charge is -2.03. The fourth-order valence-corrected chi connectivity index (χ4v) is 2.08. The molecule has 0 fully saturated rings. The van der Waals surface area contributed by atoms with Gasteiger partial charge in [0.1, 0.15) is 5.58 Å². The minimum absolute atomic E-state index is 0.611. The Morgan fingerprint density at radius 1 is 1.15 bits per heavy atom. The van der Waals surface area contributed by atoms with Gasteiger partial charge in [0, 0.05) is 5.39 Å². The highest BCUT2D eigenvalue weighted by Gasteiger charge is 2.11. The van der Waals surface area contributed by atoms with E-state index in [4.69, 9.17) is 8.83 Å². The fraction of sp³-hybridized carbons (Fsp3) is 0.312. The van der Waals surface area contributed by atoms with Gasteiger partial charge in [0.15, 0.2) is 11.5 Å². The molecule has 0 aliphatic rings. The molecule has 0 amide bonds. The smallest absolute Gasteiger partial charge is 0.209 e. The molecular weight excluding hydrogens is 252 g/mol. The molecule has 0 unspecified atom stereocenters. The maximum atomic E-state index is 5.76. The molecule has 104 valence electrons. The van der Waals surface area contributed by atoms with E-state index in [0.29, 0.717) is 29.9 Å². The van der Waals surface area contributed by atoms with Crippen molar-refractivity contribution in [2.24, 2.45) is 5.92 Å². The van der Waals surface area contributed by atoms with E-state index >= 15 is 0 Å². The third-order valence-electron chi connectivity index (χ3n) is 3.05. The molecular formula is C16H18N2O2. The van der Waals surface area contributed by atoms with E-state index in [2.05, 4.69) is 24.1 Å². The number of oxazole rings is 1. The zero-order valence-electron chi connectivity index (χ0n) is 11.7. The average molecular weight is 270 g/mol. The van der Waals surface area contributed by atoms with Crippen molar-refractivity contribution in [3.8, 4) is 11.5 Å². The molecule has 0 atom stereocenters. The van der Waals surface area contributed by atoms with Crippen LogP contribution in [-0.4, -0.2) is 11.5 Å². The largest absolute Gasteiger partial charge is 0.453 e. The van der Waals surface area contributed by atoms with Crippen molar-refractivity contribution < 1.29 is 8.83 Å². The van der Waals surface area contributed by atoms with Gasteiger partial charge in [-0.15, -0.1) is 0 Å². The van der Waals surface area contributed by atoms with Crippen molar-refractivity contribution in [2.45, 2.75) is 20.4 Å². The first-order valence-electron chi connectivity index (χ1n) is 6.87. The zero-order valence-corrected chi connectivity index (χ0v) is 11.7. The average Bonchev–Trinajstić information content (AvgIpc) is 3.03. The molecule has 0 aliphatic heterocycles. The minimum Gasteiger partial charge on any atom is -0.453 e. The van der Waals surface area contributed by atoms with Gasteiger partial charge in [0.2, 0.25) is 5.89 Å². The number of hydrogen-bond acceptors (Lipinski definition) is 4. The number of hydrogen-bond donors (Lipinski definition) is 1. The van der Waals surface area contributed by atoms with Crippen LogP contribution in [-0.2, 0) is 6.54 Å². The molecule has 2 heterocycles. The van der Waals surface area contributed by atoms with E-state index in [0.717, 1.165) is 17.5 Å². The molecule has 3 aromatic rings. The van der Waals surface area contributed by atoms with Gasteiger partial charge in [-0.25, -0.2) is 4.98 Å². The molecule has 3 rings (SSSR count). The summed E-state index contributed by atoms with van der Waals surface area (Å²) >= 11 is 0. The quantitative estimate of drug-likeness (QED) is 0.765. The Kier molecular flexibility index (Phi) is 3.56. The highest BCUT2D eigenvalue weighted by molar-refractivity contribution is 5.81. The number of fused-ring (bicyclic) bond motifs is 1. The minimum atomic E-state index is 0.611. The molecule has 1 N–H and O–H groups in total. The van der Waals surface area contributed by atoms with Gasteiger partial charge in [-0.3, -0.25) is 0 Å². The Balaban J connectivity index is 1.75. The van der Waals surface area contributed by atoms with Crippen molar-refractivity contribution in [3.63, 3.8) is 0 Å². The van der Waals surface area contributed by atoms with Crippen LogP contribution in [0.4, 0.5) is 0 Å². The third kappa shape index (κ3) is 2.75. The number of para-hydroxylation sites is 1.